The average molecular weight is 251 g/mol. The minimum Gasteiger partial charge on any atom is -0.386 e. The molecule has 2 aromatic rings. The van der Waals surface area contributed by atoms with Crippen molar-refractivity contribution in [1.82, 2.24) is 5.32 Å². The van der Waals surface area contributed by atoms with Crippen molar-refractivity contribution in [2.75, 3.05) is 26.8 Å². The Kier molecular flexibility index (Phi) is 4.50. The minimum absolute atomic E-state index is 0.345. The number of hydrogen-bond acceptors (Lipinski definition) is 4. The highest BCUT2D eigenvalue weighted by Gasteiger charge is 2.08. The summed E-state index contributed by atoms with van der Waals surface area (Å²) in [6, 6.07) is 8.10. The normalized spacial score (nSPS) is 13.1. The van der Waals surface area contributed by atoms with Gasteiger partial charge in [-0.2, -0.15) is 0 Å². The summed E-state index contributed by atoms with van der Waals surface area (Å²) in [7, 11) is 1.88. The molecule has 2 N–H and O–H groups in total. The van der Waals surface area contributed by atoms with E-state index in [0.29, 0.717) is 13.2 Å². The largest absolute Gasteiger partial charge is 0.386 e. The Balaban J connectivity index is 1.95. The highest BCUT2D eigenvalue weighted by molar-refractivity contribution is 7.17. The van der Waals surface area contributed by atoms with Crippen LogP contribution in [-0.4, -0.2) is 31.9 Å². The monoisotopic (exact) mass is 251 g/mol. The van der Waals surface area contributed by atoms with Gasteiger partial charge in [0.1, 0.15) is 6.10 Å². The van der Waals surface area contributed by atoms with Gasteiger partial charge in [-0.25, -0.2) is 0 Å². The number of nitrogens with one attached hydrogen (secondary N) is 1. The van der Waals surface area contributed by atoms with E-state index in [1.165, 1.54) is 10.1 Å². The van der Waals surface area contributed by atoms with E-state index in [1.54, 1.807) is 11.3 Å². The Bertz CT molecular complexity index is 469. The molecule has 0 spiro atoms. The van der Waals surface area contributed by atoms with E-state index in [1.807, 2.05) is 25.2 Å². The molecule has 0 aliphatic heterocycles. The molecule has 0 radical (unpaired) electrons. The van der Waals surface area contributed by atoms with Crippen molar-refractivity contribution in [3.63, 3.8) is 0 Å². The predicted molar refractivity (Wildman–Crippen MR) is 71.5 cm³/mol. The van der Waals surface area contributed by atoms with E-state index in [2.05, 4.69) is 16.8 Å². The summed E-state index contributed by atoms with van der Waals surface area (Å²) in [6.45, 7) is 1.77. The van der Waals surface area contributed by atoms with Gasteiger partial charge in [-0.1, -0.05) is 6.07 Å². The van der Waals surface area contributed by atoms with E-state index in [9.17, 15) is 5.11 Å². The lowest BCUT2D eigenvalue weighted by molar-refractivity contribution is 0.0379. The summed E-state index contributed by atoms with van der Waals surface area (Å²) in [5.74, 6) is 0. The molecule has 1 atom stereocenters. The number of ether oxygens (including phenoxy) is 1. The van der Waals surface area contributed by atoms with E-state index in [-0.39, 0.29) is 0 Å². The molecule has 2 rings (SSSR count). The van der Waals surface area contributed by atoms with Gasteiger partial charge in [0.25, 0.3) is 0 Å². The number of fused-ring (bicyclic) bond motifs is 1. The van der Waals surface area contributed by atoms with Crippen molar-refractivity contribution in [3.05, 3.63) is 35.2 Å². The molecule has 0 aliphatic carbocycles. The third-order valence-electron chi connectivity index (χ3n) is 2.63. The van der Waals surface area contributed by atoms with Gasteiger partial charge in [-0.15, -0.1) is 11.3 Å². The SMILES string of the molecule is CNCCOCC(O)c1ccc2sccc2c1. The van der Waals surface area contributed by atoms with E-state index in [4.69, 9.17) is 4.74 Å². The van der Waals surface area contributed by atoms with Crippen LogP contribution in [0.4, 0.5) is 0 Å². The molecule has 0 aliphatic rings. The number of benzene rings is 1. The molecule has 1 aromatic carbocycles. The maximum Gasteiger partial charge on any atom is 0.102 e. The Morgan fingerprint density at radius 1 is 1.41 bits per heavy atom. The van der Waals surface area contributed by atoms with Crippen LogP contribution in [0, 0.1) is 0 Å². The van der Waals surface area contributed by atoms with Crippen molar-refractivity contribution < 1.29 is 9.84 Å². The van der Waals surface area contributed by atoms with Crippen molar-refractivity contribution >= 4 is 21.4 Å². The number of rotatable bonds is 6. The lowest BCUT2D eigenvalue weighted by Gasteiger charge is -2.11. The van der Waals surface area contributed by atoms with Gasteiger partial charge < -0.3 is 15.2 Å². The van der Waals surface area contributed by atoms with Crippen molar-refractivity contribution in [2.45, 2.75) is 6.10 Å². The van der Waals surface area contributed by atoms with Gasteiger partial charge in [-0.3, -0.25) is 0 Å². The first kappa shape index (κ1) is 12.5. The van der Waals surface area contributed by atoms with Crippen molar-refractivity contribution in [3.8, 4) is 0 Å². The smallest absolute Gasteiger partial charge is 0.102 e. The van der Waals surface area contributed by atoms with Crippen LogP contribution >= 0.6 is 11.3 Å². The summed E-state index contributed by atoms with van der Waals surface area (Å²) < 4.78 is 6.62. The van der Waals surface area contributed by atoms with Crippen LogP contribution in [0.25, 0.3) is 10.1 Å². The van der Waals surface area contributed by atoms with Crippen molar-refractivity contribution in [2.24, 2.45) is 0 Å². The number of aliphatic hydroxyl groups excluding tert-OH is 1. The zero-order valence-electron chi connectivity index (χ0n) is 9.85. The number of aliphatic hydroxyl groups is 1. The minimum atomic E-state index is -0.545. The fraction of sp³-hybridized carbons (Fsp3) is 0.385. The summed E-state index contributed by atoms with van der Waals surface area (Å²) >= 11 is 1.71. The lowest BCUT2D eigenvalue weighted by atomic mass is 10.1. The molecule has 0 saturated carbocycles. The van der Waals surface area contributed by atoms with Gasteiger partial charge in [0.05, 0.1) is 13.2 Å². The van der Waals surface area contributed by atoms with Crippen LogP contribution < -0.4 is 5.32 Å². The van der Waals surface area contributed by atoms with Crippen LogP contribution in [-0.2, 0) is 4.74 Å². The second-order valence-corrected chi connectivity index (χ2v) is 4.86. The molecule has 1 unspecified atom stereocenters. The summed E-state index contributed by atoms with van der Waals surface area (Å²) in [5.41, 5.74) is 0.917. The molecular formula is C13H17NO2S. The van der Waals surface area contributed by atoms with Crippen LogP contribution in [0.5, 0.6) is 0 Å². The third kappa shape index (κ3) is 3.26. The zero-order chi connectivity index (χ0) is 12.1. The molecule has 0 bridgehead atoms. The number of thiophene rings is 1. The van der Waals surface area contributed by atoms with E-state index in [0.717, 1.165) is 12.1 Å². The lowest BCUT2D eigenvalue weighted by Crippen LogP contribution is -2.16. The van der Waals surface area contributed by atoms with Crippen LogP contribution in [0.1, 0.15) is 11.7 Å². The van der Waals surface area contributed by atoms with Crippen LogP contribution in [0.2, 0.25) is 0 Å². The van der Waals surface area contributed by atoms with Crippen LogP contribution in [0.3, 0.4) is 0 Å². The van der Waals surface area contributed by atoms with Crippen LogP contribution in [0.15, 0.2) is 29.6 Å². The molecule has 0 fully saturated rings. The Hall–Kier alpha value is -0.940. The molecule has 17 heavy (non-hydrogen) atoms. The Labute approximate surface area is 105 Å². The predicted octanol–water partition coefficient (Wildman–Crippen LogP) is 2.17. The van der Waals surface area contributed by atoms with Gasteiger partial charge in [0.15, 0.2) is 0 Å². The van der Waals surface area contributed by atoms with Gasteiger partial charge in [0, 0.05) is 11.2 Å². The van der Waals surface area contributed by atoms with E-state index >= 15 is 0 Å². The Morgan fingerprint density at radius 2 is 2.29 bits per heavy atom. The second-order valence-electron chi connectivity index (χ2n) is 3.91. The molecule has 92 valence electrons. The molecule has 0 saturated heterocycles. The average Bonchev–Trinajstić information content (AvgIpc) is 2.81. The standard InChI is InChI=1S/C13H17NO2S/c1-14-5-6-16-9-12(15)10-2-3-13-11(8-10)4-7-17-13/h2-4,7-8,12,14-15H,5-6,9H2,1H3. The zero-order valence-corrected chi connectivity index (χ0v) is 10.7. The Morgan fingerprint density at radius 3 is 3.12 bits per heavy atom. The summed E-state index contributed by atoms with van der Waals surface area (Å²) in [6.07, 6.45) is -0.545. The first-order valence-corrected chi connectivity index (χ1v) is 6.57. The summed E-state index contributed by atoms with van der Waals surface area (Å²) in [4.78, 5) is 0. The van der Waals surface area contributed by atoms with Crippen molar-refractivity contribution in [1.29, 1.82) is 0 Å². The molecule has 3 nitrogen and oxygen atoms in total. The highest BCUT2D eigenvalue weighted by Crippen LogP contribution is 2.24. The molecular weight excluding hydrogens is 234 g/mol. The number of likely N-dealkylation sites (N-methyl/N-ethyl adjacent to an activating group) is 1. The van der Waals surface area contributed by atoms with Gasteiger partial charge >= 0.3 is 0 Å². The first-order chi connectivity index (χ1) is 8.31. The maximum absolute atomic E-state index is 9.97. The van der Waals surface area contributed by atoms with E-state index < -0.39 is 6.10 Å². The fourth-order valence-electron chi connectivity index (χ4n) is 1.66. The third-order valence-corrected chi connectivity index (χ3v) is 3.53. The topological polar surface area (TPSA) is 41.5 Å². The molecule has 1 aromatic heterocycles. The summed E-state index contributed by atoms with van der Waals surface area (Å²) in [5, 5.41) is 16.2. The van der Waals surface area contributed by atoms with Gasteiger partial charge in [-0.05, 0) is 41.6 Å². The molecule has 4 heteroatoms. The number of hydrogen-bond donors (Lipinski definition) is 2. The van der Waals surface area contributed by atoms with Gasteiger partial charge in [0.2, 0.25) is 0 Å². The maximum atomic E-state index is 9.97. The quantitative estimate of drug-likeness (QED) is 0.773. The molecule has 1 heterocycles. The first-order valence-electron chi connectivity index (χ1n) is 5.69. The fourth-order valence-corrected chi connectivity index (χ4v) is 2.43. The highest BCUT2D eigenvalue weighted by atomic mass is 32.1. The molecule has 0 amide bonds. The second kappa shape index (κ2) is 6.12.